The molecule has 1 N–H and O–H groups in total. The van der Waals surface area contributed by atoms with E-state index in [1.165, 1.54) is 50.5 Å². The van der Waals surface area contributed by atoms with Crippen molar-refractivity contribution in [2.45, 2.75) is 64.1 Å². The van der Waals surface area contributed by atoms with Gasteiger partial charge in [-0.05, 0) is 36.6 Å². The first-order chi connectivity index (χ1) is 13.3. The van der Waals surface area contributed by atoms with Crippen LogP contribution in [0.3, 0.4) is 0 Å². The fourth-order valence-corrected chi connectivity index (χ4v) is 3.82. The van der Waals surface area contributed by atoms with Gasteiger partial charge in [0.2, 0.25) is 0 Å². The lowest BCUT2D eigenvalue weighted by Gasteiger charge is -2.21. The number of methoxy groups -OCH3 is 1. The molecule has 0 heterocycles. The minimum atomic E-state index is 0. The smallest absolute Gasteiger partial charge is 0.161 e. The van der Waals surface area contributed by atoms with Crippen molar-refractivity contribution in [1.82, 2.24) is 5.32 Å². The van der Waals surface area contributed by atoms with Gasteiger partial charge in [0.25, 0.3) is 0 Å². The van der Waals surface area contributed by atoms with Crippen molar-refractivity contribution in [1.29, 1.82) is 0 Å². The Balaban J connectivity index is 0.00000280. The molecule has 1 aliphatic carbocycles. The zero-order valence-electron chi connectivity index (χ0n) is 16.6. The number of benzene rings is 2. The summed E-state index contributed by atoms with van der Waals surface area (Å²) in [5, 5.41) is 4.45. The molecule has 2 aromatic rings. The second-order valence-electron chi connectivity index (χ2n) is 7.29. The summed E-state index contributed by atoms with van der Waals surface area (Å²) in [4.78, 5) is 0. The molecule has 1 fully saturated rings. The predicted molar refractivity (Wildman–Crippen MR) is 119 cm³/mol. The third-order valence-corrected chi connectivity index (χ3v) is 5.64. The highest BCUT2D eigenvalue weighted by Crippen LogP contribution is 2.30. The Bertz CT molecular complexity index is 715. The lowest BCUT2D eigenvalue weighted by atomic mass is 9.96. The molecule has 0 spiro atoms. The van der Waals surface area contributed by atoms with Crippen LogP contribution in [0.5, 0.6) is 11.5 Å². The molecule has 1 saturated carbocycles. The summed E-state index contributed by atoms with van der Waals surface area (Å²) >= 11 is 6.21. The second kappa shape index (κ2) is 12.2. The highest BCUT2D eigenvalue weighted by atomic mass is 35.5. The topological polar surface area (TPSA) is 30.5 Å². The van der Waals surface area contributed by atoms with E-state index in [0.717, 1.165) is 28.6 Å². The zero-order chi connectivity index (χ0) is 18.9. The molecule has 154 valence electrons. The van der Waals surface area contributed by atoms with E-state index >= 15 is 0 Å². The zero-order valence-corrected chi connectivity index (χ0v) is 18.2. The van der Waals surface area contributed by atoms with Crippen molar-refractivity contribution in [3.05, 3.63) is 58.6 Å². The van der Waals surface area contributed by atoms with Crippen molar-refractivity contribution in [2.75, 3.05) is 7.11 Å². The molecule has 1 aliphatic rings. The molecule has 0 radical (unpaired) electrons. The molecule has 0 saturated heterocycles. The number of halogens is 2. The quantitative estimate of drug-likeness (QED) is 0.547. The first kappa shape index (κ1) is 22.9. The van der Waals surface area contributed by atoms with E-state index in [0.29, 0.717) is 12.6 Å². The van der Waals surface area contributed by atoms with Gasteiger partial charge >= 0.3 is 0 Å². The fourth-order valence-electron chi connectivity index (χ4n) is 3.63. The highest BCUT2D eigenvalue weighted by molar-refractivity contribution is 6.31. The molecule has 3 rings (SSSR count). The van der Waals surface area contributed by atoms with Gasteiger partial charge in [-0.1, -0.05) is 68.0 Å². The molecular weight excluding hydrogens is 393 g/mol. The third kappa shape index (κ3) is 6.88. The second-order valence-corrected chi connectivity index (χ2v) is 7.70. The maximum atomic E-state index is 6.21. The van der Waals surface area contributed by atoms with E-state index in [1.54, 1.807) is 7.11 Å². The Morgan fingerprint density at radius 2 is 1.68 bits per heavy atom. The van der Waals surface area contributed by atoms with Crippen LogP contribution in [0.25, 0.3) is 0 Å². The first-order valence-corrected chi connectivity index (χ1v) is 10.4. The van der Waals surface area contributed by atoms with E-state index in [2.05, 4.69) is 17.4 Å². The van der Waals surface area contributed by atoms with Crippen LogP contribution in [0.2, 0.25) is 5.02 Å². The van der Waals surface area contributed by atoms with Crippen LogP contribution in [0, 0.1) is 0 Å². The van der Waals surface area contributed by atoms with Crippen molar-refractivity contribution >= 4 is 24.0 Å². The Morgan fingerprint density at radius 3 is 2.39 bits per heavy atom. The molecule has 0 bridgehead atoms. The minimum absolute atomic E-state index is 0. The van der Waals surface area contributed by atoms with Crippen LogP contribution < -0.4 is 14.8 Å². The minimum Gasteiger partial charge on any atom is -0.493 e. The first-order valence-electron chi connectivity index (χ1n) is 10.0. The number of hydrogen-bond donors (Lipinski definition) is 1. The largest absolute Gasteiger partial charge is 0.493 e. The van der Waals surface area contributed by atoms with Crippen LogP contribution in [0.4, 0.5) is 0 Å². The van der Waals surface area contributed by atoms with Crippen molar-refractivity contribution in [3.63, 3.8) is 0 Å². The Kier molecular flexibility index (Phi) is 9.97. The van der Waals surface area contributed by atoms with Gasteiger partial charge in [-0.25, -0.2) is 0 Å². The van der Waals surface area contributed by atoms with Gasteiger partial charge in [-0.3, -0.25) is 0 Å². The van der Waals surface area contributed by atoms with Gasteiger partial charge in [0, 0.05) is 23.2 Å². The van der Waals surface area contributed by atoms with E-state index in [1.807, 2.05) is 30.3 Å². The van der Waals surface area contributed by atoms with E-state index in [4.69, 9.17) is 21.1 Å². The monoisotopic (exact) mass is 423 g/mol. The Labute approximate surface area is 180 Å². The molecule has 0 amide bonds. The van der Waals surface area contributed by atoms with Gasteiger partial charge in [0.05, 0.1) is 7.11 Å². The van der Waals surface area contributed by atoms with E-state index in [9.17, 15) is 0 Å². The maximum Gasteiger partial charge on any atom is 0.161 e. The summed E-state index contributed by atoms with van der Waals surface area (Å²) < 4.78 is 11.5. The summed E-state index contributed by atoms with van der Waals surface area (Å²) in [5.74, 6) is 1.51. The molecule has 2 aromatic carbocycles. The predicted octanol–water partition coefficient (Wildman–Crippen LogP) is 6.55. The molecule has 0 atom stereocenters. The molecule has 5 heteroatoms. The molecular formula is C23H31Cl2NO2. The average molecular weight is 424 g/mol. The Morgan fingerprint density at radius 1 is 0.964 bits per heavy atom. The van der Waals surface area contributed by atoms with Crippen molar-refractivity contribution < 1.29 is 9.47 Å². The molecule has 0 aliphatic heterocycles. The van der Waals surface area contributed by atoms with Crippen LogP contribution in [0.15, 0.2) is 42.5 Å². The van der Waals surface area contributed by atoms with Crippen LogP contribution >= 0.6 is 24.0 Å². The molecule has 0 unspecified atom stereocenters. The number of ether oxygens (including phenoxy) is 2. The number of nitrogens with one attached hydrogen (secondary N) is 1. The summed E-state index contributed by atoms with van der Waals surface area (Å²) in [6.07, 6.45) is 9.42. The van der Waals surface area contributed by atoms with Crippen LogP contribution in [0.1, 0.15) is 56.1 Å². The molecule has 3 nitrogen and oxygen atoms in total. The van der Waals surface area contributed by atoms with Crippen molar-refractivity contribution in [2.24, 2.45) is 0 Å². The van der Waals surface area contributed by atoms with E-state index in [-0.39, 0.29) is 12.4 Å². The SMILES string of the molecule is COc1cc(CNC2CCCCCCC2)ccc1OCc1ccccc1Cl.Cl. The number of hydrogen-bond acceptors (Lipinski definition) is 3. The van der Waals surface area contributed by atoms with Crippen LogP contribution in [-0.4, -0.2) is 13.2 Å². The van der Waals surface area contributed by atoms with Crippen molar-refractivity contribution in [3.8, 4) is 11.5 Å². The summed E-state index contributed by atoms with van der Waals surface area (Å²) in [7, 11) is 1.68. The van der Waals surface area contributed by atoms with Crippen LogP contribution in [-0.2, 0) is 13.2 Å². The van der Waals surface area contributed by atoms with Gasteiger partial charge in [0.1, 0.15) is 6.61 Å². The van der Waals surface area contributed by atoms with Gasteiger partial charge in [-0.2, -0.15) is 0 Å². The Hall–Kier alpha value is -1.42. The lowest BCUT2D eigenvalue weighted by molar-refractivity contribution is 0.284. The number of rotatable bonds is 7. The third-order valence-electron chi connectivity index (χ3n) is 5.27. The normalized spacial score (nSPS) is 15.2. The highest BCUT2D eigenvalue weighted by Gasteiger charge is 2.12. The van der Waals surface area contributed by atoms with Gasteiger partial charge in [0.15, 0.2) is 11.5 Å². The molecule has 0 aromatic heterocycles. The molecule has 28 heavy (non-hydrogen) atoms. The summed E-state index contributed by atoms with van der Waals surface area (Å²) in [6.45, 7) is 1.29. The average Bonchev–Trinajstić information content (AvgIpc) is 2.67. The van der Waals surface area contributed by atoms with E-state index < -0.39 is 0 Å². The fraction of sp³-hybridized carbons (Fsp3) is 0.478. The standard InChI is InChI=1S/C23H30ClNO2.ClH/c1-26-23-15-18(16-25-20-10-5-3-2-4-6-11-20)13-14-22(23)27-17-19-9-7-8-12-21(19)24;/h7-9,12-15,20,25H,2-6,10-11,16-17H2,1H3;1H. The van der Waals surface area contributed by atoms with Gasteiger partial charge < -0.3 is 14.8 Å². The lowest BCUT2D eigenvalue weighted by Crippen LogP contribution is -2.29. The summed E-state index contributed by atoms with van der Waals surface area (Å²) in [6, 6.07) is 14.5. The van der Waals surface area contributed by atoms with Gasteiger partial charge in [-0.15, -0.1) is 12.4 Å². The maximum absolute atomic E-state index is 6.21. The summed E-state index contributed by atoms with van der Waals surface area (Å²) in [5.41, 5.74) is 2.19.